The SMILES string of the molecule is CN=C(NCc1sc(C)nc1C)NC1CC1c1ccccc1.I. The molecule has 0 radical (unpaired) electrons. The van der Waals surface area contributed by atoms with Crippen LogP contribution in [0.3, 0.4) is 0 Å². The molecule has 0 bridgehead atoms. The quantitative estimate of drug-likeness (QED) is 0.432. The van der Waals surface area contributed by atoms with Gasteiger partial charge in [0.05, 0.1) is 17.2 Å². The highest BCUT2D eigenvalue weighted by atomic mass is 127. The molecule has 6 heteroatoms. The van der Waals surface area contributed by atoms with Crippen LogP contribution in [0.25, 0.3) is 0 Å². The molecule has 2 unspecified atom stereocenters. The van der Waals surface area contributed by atoms with E-state index in [2.05, 4.69) is 57.9 Å². The lowest BCUT2D eigenvalue weighted by Crippen LogP contribution is -2.38. The van der Waals surface area contributed by atoms with Gasteiger partial charge < -0.3 is 10.6 Å². The summed E-state index contributed by atoms with van der Waals surface area (Å²) >= 11 is 1.74. The minimum atomic E-state index is 0. The van der Waals surface area contributed by atoms with Crippen molar-refractivity contribution in [2.45, 2.75) is 38.8 Å². The first kappa shape index (κ1) is 18.2. The van der Waals surface area contributed by atoms with Crippen LogP contribution in [0.1, 0.15) is 33.5 Å². The van der Waals surface area contributed by atoms with Crippen molar-refractivity contribution < 1.29 is 0 Å². The summed E-state index contributed by atoms with van der Waals surface area (Å²) in [6.07, 6.45) is 1.17. The number of nitrogens with zero attached hydrogens (tertiary/aromatic N) is 2. The zero-order valence-corrected chi connectivity index (χ0v) is 16.8. The van der Waals surface area contributed by atoms with Crippen LogP contribution >= 0.6 is 35.3 Å². The predicted molar refractivity (Wildman–Crippen MR) is 108 cm³/mol. The Morgan fingerprint density at radius 2 is 2.04 bits per heavy atom. The first-order valence-corrected chi connectivity index (χ1v) is 8.44. The van der Waals surface area contributed by atoms with Crippen molar-refractivity contribution in [2.75, 3.05) is 7.05 Å². The molecule has 23 heavy (non-hydrogen) atoms. The van der Waals surface area contributed by atoms with E-state index in [9.17, 15) is 0 Å². The number of aryl methyl sites for hydroxylation is 2. The standard InChI is InChI=1S/C17H22N4S.HI/c1-11-16(22-12(2)20-11)10-19-17(18-3)21-15-9-14(15)13-7-5-4-6-8-13;/h4-8,14-15H,9-10H2,1-3H3,(H2,18,19,21);1H. The molecule has 1 aliphatic rings. The third-order valence-electron chi connectivity index (χ3n) is 3.98. The molecule has 3 rings (SSSR count). The third-order valence-corrected chi connectivity index (χ3v) is 5.05. The van der Waals surface area contributed by atoms with E-state index < -0.39 is 0 Å². The van der Waals surface area contributed by atoms with E-state index in [1.54, 1.807) is 11.3 Å². The van der Waals surface area contributed by atoms with E-state index in [1.807, 2.05) is 14.0 Å². The van der Waals surface area contributed by atoms with Crippen molar-refractivity contribution in [1.82, 2.24) is 15.6 Å². The lowest BCUT2D eigenvalue weighted by atomic mass is 10.1. The van der Waals surface area contributed by atoms with Crippen LogP contribution in [0, 0.1) is 13.8 Å². The van der Waals surface area contributed by atoms with E-state index in [1.165, 1.54) is 16.9 Å². The summed E-state index contributed by atoms with van der Waals surface area (Å²) in [5.41, 5.74) is 2.52. The average molecular weight is 442 g/mol. The summed E-state index contributed by atoms with van der Waals surface area (Å²) in [7, 11) is 1.82. The molecule has 0 saturated heterocycles. The van der Waals surface area contributed by atoms with Gasteiger partial charge in [-0.15, -0.1) is 35.3 Å². The highest BCUT2D eigenvalue weighted by molar-refractivity contribution is 14.0. The van der Waals surface area contributed by atoms with Crippen molar-refractivity contribution in [2.24, 2.45) is 4.99 Å². The molecule has 1 heterocycles. The number of nitrogens with one attached hydrogen (secondary N) is 2. The molecule has 0 amide bonds. The Labute approximate surface area is 158 Å². The first-order chi connectivity index (χ1) is 10.7. The van der Waals surface area contributed by atoms with E-state index in [0.717, 1.165) is 23.2 Å². The van der Waals surface area contributed by atoms with Crippen LogP contribution < -0.4 is 10.6 Å². The van der Waals surface area contributed by atoms with E-state index >= 15 is 0 Å². The number of aromatic nitrogens is 1. The molecule has 2 N–H and O–H groups in total. The highest BCUT2D eigenvalue weighted by Gasteiger charge is 2.38. The molecule has 124 valence electrons. The monoisotopic (exact) mass is 442 g/mol. The van der Waals surface area contributed by atoms with E-state index in [-0.39, 0.29) is 24.0 Å². The fourth-order valence-corrected chi connectivity index (χ4v) is 3.57. The predicted octanol–water partition coefficient (Wildman–Crippen LogP) is 3.60. The van der Waals surface area contributed by atoms with Gasteiger partial charge in [-0.25, -0.2) is 4.98 Å². The number of benzene rings is 1. The molecule has 2 aromatic rings. The van der Waals surface area contributed by atoms with Crippen molar-refractivity contribution in [3.05, 3.63) is 51.5 Å². The third kappa shape index (κ3) is 4.67. The zero-order valence-electron chi connectivity index (χ0n) is 13.7. The van der Waals surface area contributed by atoms with Gasteiger partial charge in [-0.2, -0.15) is 0 Å². The number of halogens is 1. The van der Waals surface area contributed by atoms with Crippen LogP contribution in [-0.4, -0.2) is 24.0 Å². The number of hydrogen-bond donors (Lipinski definition) is 2. The van der Waals surface area contributed by atoms with Crippen molar-refractivity contribution in [3.8, 4) is 0 Å². The Morgan fingerprint density at radius 3 is 2.65 bits per heavy atom. The highest BCUT2D eigenvalue weighted by Crippen LogP contribution is 2.40. The van der Waals surface area contributed by atoms with Crippen LogP contribution in [0.2, 0.25) is 0 Å². The lowest BCUT2D eigenvalue weighted by molar-refractivity contribution is 0.792. The largest absolute Gasteiger partial charge is 0.353 e. The molecular weight excluding hydrogens is 419 g/mol. The molecule has 1 fully saturated rings. The van der Waals surface area contributed by atoms with E-state index in [0.29, 0.717) is 12.0 Å². The fourth-order valence-electron chi connectivity index (χ4n) is 2.69. The maximum absolute atomic E-state index is 4.46. The Bertz CT molecular complexity index is 668. The van der Waals surface area contributed by atoms with Gasteiger partial charge in [0.25, 0.3) is 0 Å². The molecular formula is C17H23IN4S. The van der Waals surface area contributed by atoms with Gasteiger partial charge in [0, 0.05) is 23.9 Å². The maximum Gasteiger partial charge on any atom is 0.191 e. The van der Waals surface area contributed by atoms with Gasteiger partial charge in [0.15, 0.2) is 5.96 Å². The molecule has 1 aromatic carbocycles. The topological polar surface area (TPSA) is 49.3 Å². The average Bonchev–Trinajstić information content (AvgIpc) is 3.22. The number of thiazole rings is 1. The summed E-state index contributed by atoms with van der Waals surface area (Å²) in [4.78, 5) is 10.1. The van der Waals surface area contributed by atoms with Gasteiger partial charge >= 0.3 is 0 Å². The Kier molecular flexibility index (Phi) is 6.41. The smallest absolute Gasteiger partial charge is 0.191 e. The van der Waals surface area contributed by atoms with Crippen LogP contribution in [0.15, 0.2) is 35.3 Å². The second kappa shape index (κ2) is 8.10. The number of aliphatic imine (C=N–C) groups is 1. The molecule has 2 atom stereocenters. The molecule has 1 aromatic heterocycles. The molecule has 0 aliphatic heterocycles. The Morgan fingerprint density at radius 1 is 1.30 bits per heavy atom. The normalized spacial score (nSPS) is 19.9. The minimum absolute atomic E-state index is 0. The van der Waals surface area contributed by atoms with Gasteiger partial charge in [0.1, 0.15) is 0 Å². The second-order valence-corrected chi connectivity index (χ2v) is 6.96. The fraction of sp³-hybridized carbons (Fsp3) is 0.412. The van der Waals surface area contributed by atoms with Gasteiger partial charge in [-0.05, 0) is 25.8 Å². The van der Waals surface area contributed by atoms with Crippen LogP contribution in [-0.2, 0) is 6.54 Å². The second-order valence-electron chi connectivity index (χ2n) is 5.67. The van der Waals surface area contributed by atoms with E-state index in [4.69, 9.17) is 0 Å². The van der Waals surface area contributed by atoms with Crippen molar-refractivity contribution in [1.29, 1.82) is 0 Å². The Hall–Kier alpha value is -1.15. The number of rotatable bonds is 4. The van der Waals surface area contributed by atoms with Gasteiger partial charge in [0.2, 0.25) is 0 Å². The molecule has 1 aliphatic carbocycles. The number of guanidine groups is 1. The molecule has 1 saturated carbocycles. The molecule has 0 spiro atoms. The van der Waals surface area contributed by atoms with Crippen molar-refractivity contribution in [3.63, 3.8) is 0 Å². The zero-order chi connectivity index (χ0) is 15.5. The minimum Gasteiger partial charge on any atom is -0.353 e. The summed E-state index contributed by atoms with van der Waals surface area (Å²) in [5.74, 6) is 1.47. The van der Waals surface area contributed by atoms with Gasteiger partial charge in [-0.1, -0.05) is 30.3 Å². The van der Waals surface area contributed by atoms with Crippen molar-refractivity contribution >= 4 is 41.3 Å². The van der Waals surface area contributed by atoms with Crippen LogP contribution in [0.4, 0.5) is 0 Å². The summed E-state index contributed by atoms with van der Waals surface area (Å²) < 4.78 is 0. The van der Waals surface area contributed by atoms with Gasteiger partial charge in [-0.3, -0.25) is 4.99 Å². The van der Waals surface area contributed by atoms with Crippen LogP contribution in [0.5, 0.6) is 0 Å². The number of hydrogen-bond acceptors (Lipinski definition) is 3. The first-order valence-electron chi connectivity index (χ1n) is 7.62. The summed E-state index contributed by atoms with van der Waals surface area (Å²) in [5, 5.41) is 8.02. The lowest BCUT2D eigenvalue weighted by Gasteiger charge is -2.11. The summed E-state index contributed by atoms with van der Waals surface area (Å²) in [6, 6.07) is 11.2. The summed E-state index contributed by atoms with van der Waals surface area (Å²) in [6.45, 7) is 4.88. The molecule has 4 nitrogen and oxygen atoms in total. The Balaban J connectivity index is 0.00000192. The maximum atomic E-state index is 4.46.